The first-order chi connectivity index (χ1) is 9.33. The molecule has 1 saturated heterocycles. The minimum atomic E-state index is -0.481. The van der Waals surface area contributed by atoms with Crippen molar-refractivity contribution in [2.45, 2.75) is 39.2 Å². The molecule has 1 aliphatic heterocycles. The summed E-state index contributed by atoms with van der Waals surface area (Å²) in [5, 5.41) is 2.84. The summed E-state index contributed by atoms with van der Waals surface area (Å²) in [4.78, 5) is 25.4. The first-order valence-electron chi connectivity index (χ1n) is 7.08. The Morgan fingerprint density at radius 2 is 1.85 bits per heavy atom. The van der Waals surface area contributed by atoms with Crippen molar-refractivity contribution in [3.05, 3.63) is 0 Å². The topological polar surface area (TPSA) is 67.9 Å². The molecule has 2 amide bonds. The summed E-state index contributed by atoms with van der Waals surface area (Å²) in [6.45, 7) is 7.72. The first kappa shape index (κ1) is 16.8. The molecule has 1 rings (SSSR count). The minimum absolute atomic E-state index is 0.0226. The quantitative estimate of drug-likeness (QED) is 0.793. The number of hydrogen-bond donors (Lipinski definition) is 1. The summed E-state index contributed by atoms with van der Waals surface area (Å²) >= 11 is 0. The van der Waals surface area contributed by atoms with Crippen molar-refractivity contribution in [2.24, 2.45) is 5.92 Å². The lowest BCUT2D eigenvalue weighted by Crippen LogP contribution is -2.45. The SMILES string of the molecule is COCCNC(=O)C1CCN(C(=O)OC(C)(C)C)CC1. The van der Waals surface area contributed by atoms with E-state index in [1.165, 1.54) is 0 Å². The Hall–Kier alpha value is -1.30. The predicted octanol–water partition coefficient (Wildman–Crippen LogP) is 1.40. The summed E-state index contributed by atoms with van der Waals surface area (Å²) < 4.78 is 10.2. The monoisotopic (exact) mass is 286 g/mol. The average Bonchev–Trinajstić information content (AvgIpc) is 2.37. The first-order valence-corrected chi connectivity index (χ1v) is 7.08. The fraction of sp³-hybridized carbons (Fsp3) is 0.857. The van der Waals surface area contributed by atoms with Crippen LogP contribution in [0.2, 0.25) is 0 Å². The number of carbonyl (C=O) groups excluding carboxylic acids is 2. The molecule has 0 spiro atoms. The second-order valence-corrected chi connectivity index (χ2v) is 6.03. The van der Waals surface area contributed by atoms with Gasteiger partial charge in [-0.15, -0.1) is 0 Å². The third-order valence-corrected chi connectivity index (χ3v) is 3.12. The Kier molecular flexibility index (Phi) is 6.26. The molecule has 6 heteroatoms. The van der Waals surface area contributed by atoms with E-state index in [9.17, 15) is 9.59 Å². The average molecular weight is 286 g/mol. The molecular weight excluding hydrogens is 260 g/mol. The lowest BCUT2D eigenvalue weighted by Gasteiger charge is -2.32. The minimum Gasteiger partial charge on any atom is -0.444 e. The highest BCUT2D eigenvalue weighted by atomic mass is 16.6. The van der Waals surface area contributed by atoms with Crippen LogP contribution in [0.25, 0.3) is 0 Å². The normalized spacial score (nSPS) is 16.9. The molecule has 1 aliphatic rings. The molecule has 1 heterocycles. The standard InChI is InChI=1S/C14H26N2O4/c1-14(2,3)20-13(18)16-8-5-11(6-9-16)12(17)15-7-10-19-4/h11H,5-10H2,1-4H3,(H,15,17). The number of ether oxygens (including phenoxy) is 2. The maximum Gasteiger partial charge on any atom is 0.410 e. The van der Waals surface area contributed by atoms with Gasteiger partial charge in [0.2, 0.25) is 5.91 Å². The molecule has 1 fully saturated rings. The van der Waals surface area contributed by atoms with Gasteiger partial charge in [0.1, 0.15) is 5.60 Å². The number of rotatable bonds is 4. The Morgan fingerprint density at radius 3 is 2.35 bits per heavy atom. The van der Waals surface area contributed by atoms with E-state index in [1.807, 2.05) is 20.8 Å². The highest BCUT2D eigenvalue weighted by Gasteiger charge is 2.29. The molecule has 0 aromatic heterocycles. The molecule has 20 heavy (non-hydrogen) atoms. The molecule has 0 aliphatic carbocycles. The number of nitrogens with zero attached hydrogens (tertiary/aromatic N) is 1. The van der Waals surface area contributed by atoms with E-state index in [1.54, 1.807) is 12.0 Å². The molecule has 1 N–H and O–H groups in total. The number of likely N-dealkylation sites (tertiary alicyclic amines) is 1. The second kappa shape index (κ2) is 7.47. The highest BCUT2D eigenvalue weighted by Crippen LogP contribution is 2.19. The molecule has 0 radical (unpaired) electrons. The van der Waals surface area contributed by atoms with Crippen LogP contribution in [-0.4, -0.2) is 55.9 Å². The fourth-order valence-electron chi connectivity index (χ4n) is 2.07. The van der Waals surface area contributed by atoms with Crippen LogP contribution in [0.15, 0.2) is 0 Å². The molecule has 116 valence electrons. The van der Waals surface area contributed by atoms with E-state index in [4.69, 9.17) is 9.47 Å². The summed E-state index contributed by atoms with van der Waals surface area (Å²) in [6, 6.07) is 0. The van der Waals surface area contributed by atoms with Crippen molar-refractivity contribution in [1.29, 1.82) is 0 Å². The van der Waals surface area contributed by atoms with Crippen molar-refractivity contribution >= 4 is 12.0 Å². The second-order valence-electron chi connectivity index (χ2n) is 6.03. The van der Waals surface area contributed by atoms with Crippen LogP contribution < -0.4 is 5.32 Å². The summed E-state index contributed by atoms with van der Waals surface area (Å²) in [5.41, 5.74) is -0.481. The Balaban J connectivity index is 2.32. The number of carbonyl (C=O) groups is 2. The van der Waals surface area contributed by atoms with Gasteiger partial charge in [-0.2, -0.15) is 0 Å². The number of amides is 2. The number of piperidine rings is 1. The van der Waals surface area contributed by atoms with Gasteiger partial charge in [-0.05, 0) is 33.6 Å². The molecule has 0 aromatic rings. The van der Waals surface area contributed by atoms with Crippen LogP contribution in [0.1, 0.15) is 33.6 Å². The zero-order chi connectivity index (χ0) is 15.2. The lowest BCUT2D eigenvalue weighted by atomic mass is 9.96. The van der Waals surface area contributed by atoms with E-state index in [-0.39, 0.29) is 17.9 Å². The van der Waals surface area contributed by atoms with Crippen molar-refractivity contribution in [1.82, 2.24) is 10.2 Å². The maximum absolute atomic E-state index is 11.9. The van der Waals surface area contributed by atoms with Crippen LogP contribution in [0.5, 0.6) is 0 Å². The smallest absolute Gasteiger partial charge is 0.410 e. The van der Waals surface area contributed by atoms with Gasteiger partial charge in [-0.3, -0.25) is 4.79 Å². The fourth-order valence-corrected chi connectivity index (χ4v) is 2.07. The van der Waals surface area contributed by atoms with Gasteiger partial charge in [-0.1, -0.05) is 0 Å². The van der Waals surface area contributed by atoms with Gasteiger partial charge in [0.25, 0.3) is 0 Å². The Morgan fingerprint density at radius 1 is 1.25 bits per heavy atom. The third kappa shape index (κ3) is 5.77. The van der Waals surface area contributed by atoms with E-state index in [2.05, 4.69) is 5.32 Å². The number of hydrogen-bond acceptors (Lipinski definition) is 4. The van der Waals surface area contributed by atoms with Gasteiger partial charge < -0.3 is 19.7 Å². The number of nitrogens with one attached hydrogen (secondary N) is 1. The lowest BCUT2D eigenvalue weighted by molar-refractivity contribution is -0.126. The predicted molar refractivity (Wildman–Crippen MR) is 75.4 cm³/mol. The summed E-state index contributed by atoms with van der Waals surface area (Å²) in [6.07, 6.45) is 1.06. The van der Waals surface area contributed by atoms with Crippen LogP contribution >= 0.6 is 0 Å². The van der Waals surface area contributed by atoms with E-state index in [0.29, 0.717) is 39.1 Å². The van der Waals surface area contributed by atoms with Crippen molar-refractivity contribution in [3.8, 4) is 0 Å². The van der Waals surface area contributed by atoms with Crippen LogP contribution in [-0.2, 0) is 14.3 Å². The van der Waals surface area contributed by atoms with Crippen molar-refractivity contribution < 1.29 is 19.1 Å². The van der Waals surface area contributed by atoms with Gasteiger partial charge in [0.15, 0.2) is 0 Å². The molecule has 0 unspecified atom stereocenters. The summed E-state index contributed by atoms with van der Waals surface area (Å²) in [7, 11) is 1.60. The van der Waals surface area contributed by atoms with Gasteiger partial charge in [0.05, 0.1) is 6.61 Å². The van der Waals surface area contributed by atoms with Gasteiger partial charge in [0, 0.05) is 32.7 Å². The maximum atomic E-state index is 11.9. The van der Waals surface area contributed by atoms with E-state index in [0.717, 1.165) is 0 Å². The van der Waals surface area contributed by atoms with Crippen molar-refractivity contribution in [3.63, 3.8) is 0 Å². The van der Waals surface area contributed by atoms with Crippen LogP contribution in [0, 0.1) is 5.92 Å². The Bertz CT molecular complexity index is 331. The number of methoxy groups -OCH3 is 1. The zero-order valence-corrected chi connectivity index (χ0v) is 12.9. The van der Waals surface area contributed by atoms with Gasteiger partial charge in [-0.25, -0.2) is 4.79 Å². The molecule has 0 aromatic carbocycles. The third-order valence-electron chi connectivity index (χ3n) is 3.12. The molecular formula is C14H26N2O4. The van der Waals surface area contributed by atoms with Crippen LogP contribution in [0.4, 0.5) is 4.79 Å². The molecule has 0 atom stereocenters. The molecule has 0 bridgehead atoms. The largest absolute Gasteiger partial charge is 0.444 e. The van der Waals surface area contributed by atoms with E-state index >= 15 is 0 Å². The molecule has 0 saturated carbocycles. The highest BCUT2D eigenvalue weighted by molar-refractivity contribution is 5.79. The Labute approximate surface area is 120 Å². The molecule has 6 nitrogen and oxygen atoms in total. The summed E-state index contributed by atoms with van der Waals surface area (Å²) in [5.74, 6) is 0.0245. The van der Waals surface area contributed by atoms with Gasteiger partial charge >= 0.3 is 6.09 Å². The van der Waals surface area contributed by atoms with Crippen LogP contribution in [0.3, 0.4) is 0 Å². The van der Waals surface area contributed by atoms with Crippen molar-refractivity contribution in [2.75, 3.05) is 33.4 Å². The zero-order valence-electron chi connectivity index (χ0n) is 12.9. The van der Waals surface area contributed by atoms with E-state index < -0.39 is 5.60 Å².